The molecule has 1 amide bonds. The van der Waals surface area contributed by atoms with E-state index in [0.29, 0.717) is 32.2 Å². The summed E-state index contributed by atoms with van der Waals surface area (Å²) in [6.07, 6.45) is 0.958. The third-order valence-electron chi connectivity index (χ3n) is 3.16. The minimum atomic E-state index is 0.139. The SMILES string of the molecule is NCCOCCNC(=O)C1CC1c1ccccc1. The molecule has 0 heterocycles. The Balaban J connectivity index is 1.67. The van der Waals surface area contributed by atoms with Gasteiger partial charge in [0.2, 0.25) is 5.91 Å². The number of ether oxygens (including phenoxy) is 1. The highest BCUT2D eigenvalue weighted by Gasteiger charge is 2.43. The molecule has 4 nitrogen and oxygen atoms in total. The lowest BCUT2D eigenvalue weighted by molar-refractivity contribution is -0.122. The molecule has 0 spiro atoms. The zero-order valence-electron chi connectivity index (χ0n) is 10.5. The van der Waals surface area contributed by atoms with Gasteiger partial charge in [-0.15, -0.1) is 0 Å². The number of rotatable bonds is 7. The number of carbonyl (C=O) groups excluding carboxylic acids is 1. The molecule has 1 aliphatic carbocycles. The maximum atomic E-state index is 11.8. The van der Waals surface area contributed by atoms with Crippen LogP contribution in [0.4, 0.5) is 0 Å². The molecule has 1 fully saturated rings. The summed E-state index contributed by atoms with van der Waals surface area (Å²) < 4.78 is 5.21. The van der Waals surface area contributed by atoms with E-state index in [2.05, 4.69) is 17.4 Å². The highest BCUT2D eigenvalue weighted by Crippen LogP contribution is 2.47. The van der Waals surface area contributed by atoms with Gasteiger partial charge in [-0.25, -0.2) is 0 Å². The summed E-state index contributed by atoms with van der Waals surface area (Å²) in [5.41, 5.74) is 6.56. The van der Waals surface area contributed by atoms with E-state index < -0.39 is 0 Å². The van der Waals surface area contributed by atoms with Crippen molar-refractivity contribution in [3.8, 4) is 0 Å². The van der Waals surface area contributed by atoms with Crippen LogP contribution in [0, 0.1) is 5.92 Å². The molecule has 2 unspecified atom stereocenters. The molecule has 98 valence electrons. The summed E-state index contributed by atoms with van der Waals surface area (Å²) in [5.74, 6) is 0.679. The summed E-state index contributed by atoms with van der Waals surface area (Å²) in [4.78, 5) is 11.8. The Labute approximate surface area is 108 Å². The topological polar surface area (TPSA) is 64.3 Å². The molecule has 18 heavy (non-hydrogen) atoms. The number of nitrogens with one attached hydrogen (secondary N) is 1. The van der Waals surface area contributed by atoms with Crippen LogP contribution in [0.3, 0.4) is 0 Å². The standard InChI is InChI=1S/C14H20N2O2/c15-6-8-18-9-7-16-14(17)13-10-12(13)11-4-2-1-3-5-11/h1-5,12-13H,6-10,15H2,(H,16,17). The average molecular weight is 248 g/mol. The Morgan fingerprint density at radius 2 is 2.11 bits per heavy atom. The predicted octanol–water partition coefficient (Wildman–Crippen LogP) is 0.882. The van der Waals surface area contributed by atoms with Crippen molar-refractivity contribution < 1.29 is 9.53 Å². The quantitative estimate of drug-likeness (QED) is 0.704. The molecule has 1 aliphatic rings. The largest absolute Gasteiger partial charge is 0.378 e. The molecule has 4 heteroatoms. The zero-order chi connectivity index (χ0) is 12.8. The Morgan fingerprint density at radius 1 is 1.33 bits per heavy atom. The minimum absolute atomic E-state index is 0.139. The van der Waals surface area contributed by atoms with E-state index in [0.717, 1.165) is 6.42 Å². The fourth-order valence-corrected chi connectivity index (χ4v) is 2.12. The van der Waals surface area contributed by atoms with Gasteiger partial charge in [0.25, 0.3) is 0 Å². The third-order valence-corrected chi connectivity index (χ3v) is 3.16. The summed E-state index contributed by atoms with van der Waals surface area (Å²) in [6.45, 7) is 2.17. The minimum Gasteiger partial charge on any atom is -0.378 e. The van der Waals surface area contributed by atoms with Gasteiger partial charge >= 0.3 is 0 Å². The van der Waals surface area contributed by atoms with Gasteiger partial charge in [-0.3, -0.25) is 4.79 Å². The van der Waals surface area contributed by atoms with E-state index in [1.54, 1.807) is 0 Å². The second kappa shape index (κ2) is 6.52. The van der Waals surface area contributed by atoms with Gasteiger partial charge in [-0.2, -0.15) is 0 Å². The second-order valence-corrected chi connectivity index (χ2v) is 4.55. The molecule has 2 rings (SSSR count). The fourth-order valence-electron chi connectivity index (χ4n) is 2.12. The molecule has 1 aromatic carbocycles. The lowest BCUT2D eigenvalue weighted by atomic mass is 10.1. The predicted molar refractivity (Wildman–Crippen MR) is 70.2 cm³/mol. The Kier molecular flexibility index (Phi) is 4.73. The summed E-state index contributed by atoms with van der Waals surface area (Å²) in [5, 5.41) is 2.90. The van der Waals surface area contributed by atoms with Gasteiger partial charge in [0.1, 0.15) is 0 Å². The van der Waals surface area contributed by atoms with Gasteiger partial charge < -0.3 is 15.8 Å². The van der Waals surface area contributed by atoms with E-state index in [-0.39, 0.29) is 11.8 Å². The van der Waals surface area contributed by atoms with Crippen LogP contribution in [0.5, 0.6) is 0 Å². The van der Waals surface area contributed by atoms with Crippen LogP contribution in [0.2, 0.25) is 0 Å². The molecule has 1 saturated carbocycles. The number of nitrogens with two attached hydrogens (primary N) is 1. The summed E-state index contributed by atoms with van der Waals surface area (Å²) >= 11 is 0. The van der Waals surface area contributed by atoms with E-state index in [9.17, 15) is 4.79 Å². The van der Waals surface area contributed by atoms with Crippen molar-refractivity contribution in [3.05, 3.63) is 35.9 Å². The molecule has 0 aliphatic heterocycles. The van der Waals surface area contributed by atoms with Gasteiger partial charge in [0.05, 0.1) is 13.2 Å². The van der Waals surface area contributed by atoms with Gasteiger partial charge in [0, 0.05) is 19.0 Å². The molecular formula is C14H20N2O2. The Hall–Kier alpha value is -1.39. The first-order valence-corrected chi connectivity index (χ1v) is 6.43. The smallest absolute Gasteiger partial charge is 0.223 e. The number of hydrogen-bond donors (Lipinski definition) is 2. The summed E-state index contributed by atoms with van der Waals surface area (Å²) in [7, 11) is 0. The molecule has 1 aromatic rings. The highest BCUT2D eigenvalue weighted by molar-refractivity contribution is 5.82. The Morgan fingerprint density at radius 3 is 2.83 bits per heavy atom. The molecular weight excluding hydrogens is 228 g/mol. The van der Waals surface area contributed by atoms with Crippen molar-refractivity contribution in [3.63, 3.8) is 0 Å². The number of hydrogen-bond acceptors (Lipinski definition) is 3. The van der Waals surface area contributed by atoms with Gasteiger partial charge in [0.15, 0.2) is 0 Å². The van der Waals surface area contributed by atoms with E-state index in [1.165, 1.54) is 5.56 Å². The summed E-state index contributed by atoms with van der Waals surface area (Å²) in [6, 6.07) is 10.2. The highest BCUT2D eigenvalue weighted by atomic mass is 16.5. The van der Waals surface area contributed by atoms with Crippen molar-refractivity contribution in [2.24, 2.45) is 11.7 Å². The zero-order valence-corrected chi connectivity index (χ0v) is 10.5. The third kappa shape index (κ3) is 3.55. The van der Waals surface area contributed by atoms with Crippen molar-refractivity contribution in [2.75, 3.05) is 26.3 Å². The molecule has 0 radical (unpaired) electrons. The molecule has 0 saturated heterocycles. The lowest BCUT2D eigenvalue weighted by Crippen LogP contribution is -2.29. The van der Waals surface area contributed by atoms with Crippen LogP contribution in [0.1, 0.15) is 17.9 Å². The molecule has 0 bridgehead atoms. The first-order valence-electron chi connectivity index (χ1n) is 6.43. The van der Waals surface area contributed by atoms with Crippen LogP contribution in [0.25, 0.3) is 0 Å². The number of amides is 1. The van der Waals surface area contributed by atoms with E-state index >= 15 is 0 Å². The van der Waals surface area contributed by atoms with Crippen molar-refractivity contribution in [1.82, 2.24) is 5.32 Å². The van der Waals surface area contributed by atoms with Gasteiger partial charge in [-0.05, 0) is 17.9 Å². The van der Waals surface area contributed by atoms with Crippen LogP contribution in [-0.4, -0.2) is 32.2 Å². The monoisotopic (exact) mass is 248 g/mol. The van der Waals surface area contributed by atoms with E-state index in [1.807, 2.05) is 18.2 Å². The van der Waals surface area contributed by atoms with Crippen LogP contribution >= 0.6 is 0 Å². The normalized spacial score (nSPS) is 21.6. The van der Waals surface area contributed by atoms with Crippen LogP contribution < -0.4 is 11.1 Å². The van der Waals surface area contributed by atoms with Crippen molar-refractivity contribution in [1.29, 1.82) is 0 Å². The molecule has 0 aromatic heterocycles. The fraction of sp³-hybridized carbons (Fsp3) is 0.500. The Bertz CT molecular complexity index is 381. The first-order chi connectivity index (χ1) is 8.83. The van der Waals surface area contributed by atoms with Gasteiger partial charge in [-0.1, -0.05) is 30.3 Å². The van der Waals surface area contributed by atoms with Crippen LogP contribution in [-0.2, 0) is 9.53 Å². The first kappa shape index (κ1) is 13.1. The molecule has 3 N–H and O–H groups in total. The van der Waals surface area contributed by atoms with Crippen LogP contribution in [0.15, 0.2) is 30.3 Å². The average Bonchev–Trinajstić information content (AvgIpc) is 3.20. The maximum Gasteiger partial charge on any atom is 0.223 e. The van der Waals surface area contributed by atoms with E-state index in [4.69, 9.17) is 10.5 Å². The second-order valence-electron chi connectivity index (χ2n) is 4.55. The van der Waals surface area contributed by atoms with Crippen molar-refractivity contribution >= 4 is 5.91 Å². The molecule has 2 atom stereocenters. The van der Waals surface area contributed by atoms with Crippen molar-refractivity contribution in [2.45, 2.75) is 12.3 Å². The number of benzene rings is 1. The number of carbonyl (C=O) groups is 1. The maximum absolute atomic E-state index is 11.8. The lowest BCUT2D eigenvalue weighted by Gasteiger charge is -2.05.